The highest BCUT2D eigenvalue weighted by molar-refractivity contribution is 5.94. The summed E-state index contributed by atoms with van der Waals surface area (Å²) in [6.07, 6.45) is 7.73. The van der Waals surface area contributed by atoms with Crippen molar-refractivity contribution in [1.82, 2.24) is 15.0 Å². The number of piperidine rings is 1. The van der Waals surface area contributed by atoms with E-state index >= 15 is 4.39 Å². The van der Waals surface area contributed by atoms with Crippen LogP contribution in [0.1, 0.15) is 30.4 Å². The molecule has 2 aromatic heterocycles. The molecule has 10 nitrogen and oxygen atoms in total. The highest BCUT2D eigenvalue weighted by atomic mass is 19.1. The summed E-state index contributed by atoms with van der Waals surface area (Å²) in [4.78, 5) is 32.0. The fourth-order valence-electron chi connectivity index (χ4n) is 3.64. The molecule has 0 bridgehead atoms. The summed E-state index contributed by atoms with van der Waals surface area (Å²) in [5.41, 5.74) is 8.21. The first-order valence-corrected chi connectivity index (χ1v) is 11.4. The third kappa shape index (κ3) is 6.59. The minimum Gasteiger partial charge on any atom is -0.460 e. The summed E-state index contributed by atoms with van der Waals surface area (Å²) in [6.45, 7) is 1.55. The number of ether oxygens (including phenoxy) is 1. The van der Waals surface area contributed by atoms with Crippen LogP contribution in [0, 0.1) is 11.2 Å². The zero-order valence-electron chi connectivity index (χ0n) is 19.6. The van der Waals surface area contributed by atoms with Crippen molar-refractivity contribution in [3.05, 3.63) is 72.1 Å². The van der Waals surface area contributed by atoms with Gasteiger partial charge < -0.3 is 20.2 Å². The highest BCUT2D eigenvalue weighted by Crippen LogP contribution is 2.26. The molecule has 0 spiro atoms. The Bertz CT molecular complexity index is 1230. The molecule has 3 heterocycles. The molecule has 3 aromatic rings. The maximum Gasteiger partial charge on any atom is 0.313 e. The minimum absolute atomic E-state index is 0.211. The standard InChI is InChI=1S/C25H26FN7O3/c26-24-18(16-35-23(34)12-22(27)28)2-1-3-21(24)19-13-30-25(31-14-19)33-10-6-20(7-11-33)32-36-15-17-4-8-29-9-5-17/h1-5,8-9,13-14H,6-7,10-12,15-16H2,(H3,27,28). The number of rotatable bonds is 9. The number of hydrogen-bond acceptors (Lipinski definition) is 9. The number of nitrogens with one attached hydrogen (secondary N) is 1. The second-order valence-electron chi connectivity index (χ2n) is 8.19. The monoisotopic (exact) mass is 491 g/mol. The van der Waals surface area contributed by atoms with E-state index in [-0.39, 0.29) is 24.4 Å². The van der Waals surface area contributed by atoms with Gasteiger partial charge in [-0.05, 0) is 17.7 Å². The van der Waals surface area contributed by atoms with E-state index in [0.29, 0.717) is 36.8 Å². The van der Waals surface area contributed by atoms with Crippen LogP contribution in [0.2, 0.25) is 0 Å². The molecule has 0 aliphatic carbocycles. The predicted octanol–water partition coefficient (Wildman–Crippen LogP) is 3.22. The smallest absolute Gasteiger partial charge is 0.313 e. The first-order chi connectivity index (χ1) is 17.5. The Hall–Kier alpha value is -4.41. The fourth-order valence-corrected chi connectivity index (χ4v) is 3.64. The van der Waals surface area contributed by atoms with Crippen LogP contribution in [0.5, 0.6) is 0 Å². The van der Waals surface area contributed by atoms with Crippen molar-refractivity contribution >= 4 is 23.5 Å². The average molecular weight is 492 g/mol. The zero-order valence-corrected chi connectivity index (χ0v) is 19.6. The number of carbonyl (C=O) groups excluding carboxylic acids is 1. The number of pyridine rings is 1. The van der Waals surface area contributed by atoms with Gasteiger partial charge in [0.2, 0.25) is 5.95 Å². The van der Waals surface area contributed by atoms with E-state index in [9.17, 15) is 4.79 Å². The number of benzene rings is 1. The van der Waals surface area contributed by atoms with E-state index in [0.717, 1.165) is 24.1 Å². The lowest BCUT2D eigenvalue weighted by Gasteiger charge is -2.27. The van der Waals surface area contributed by atoms with E-state index in [4.69, 9.17) is 20.7 Å². The maximum atomic E-state index is 15.0. The summed E-state index contributed by atoms with van der Waals surface area (Å²) in [6, 6.07) is 8.59. The SMILES string of the molecule is N=C(N)CC(=O)OCc1cccc(-c2cnc(N3CCC(=NOCc4ccncc4)CC3)nc2)c1F. The normalized spacial score (nSPS) is 13.2. The van der Waals surface area contributed by atoms with Crippen molar-refractivity contribution in [2.75, 3.05) is 18.0 Å². The number of halogens is 1. The second-order valence-corrected chi connectivity index (χ2v) is 8.19. The number of hydrogen-bond donors (Lipinski definition) is 2. The summed E-state index contributed by atoms with van der Waals surface area (Å²) < 4.78 is 20.0. The molecule has 0 radical (unpaired) electrons. The molecule has 1 fully saturated rings. The van der Waals surface area contributed by atoms with Crippen molar-refractivity contribution in [2.24, 2.45) is 10.9 Å². The third-order valence-electron chi connectivity index (χ3n) is 5.55. The molecule has 4 rings (SSSR count). The number of nitrogens with zero attached hydrogens (tertiary/aromatic N) is 5. The maximum absolute atomic E-state index is 15.0. The minimum atomic E-state index is -0.685. The van der Waals surface area contributed by atoms with Crippen molar-refractivity contribution in [1.29, 1.82) is 5.41 Å². The molecule has 0 unspecified atom stereocenters. The van der Waals surface area contributed by atoms with Crippen molar-refractivity contribution < 1.29 is 18.8 Å². The molecular formula is C25H26FN7O3. The Morgan fingerprint density at radius 2 is 1.83 bits per heavy atom. The number of carbonyl (C=O) groups is 1. The molecule has 11 heteroatoms. The first kappa shape index (κ1) is 24.7. The quantitative estimate of drug-likeness (QED) is 0.201. The number of aromatic nitrogens is 3. The number of anilines is 1. The molecule has 0 atom stereocenters. The number of oxime groups is 1. The highest BCUT2D eigenvalue weighted by Gasteiger charge is 2.19. The molecule has 186 valence electrons. The van der Waals surface area contributed by atoms with E-state index < -0.39 is 11.8 Å². The molecular weight excluding hydrogens is 465 g/mol. The molecule has 0 saturated carbocycles. The fraction of sp³-hybridized carbons (Fsp3) is 0.280. The lowest BCUT2D eigenvalue weighted by Crippen LogP contribution is -2.35. The molecule has 1 aliphatic heterocycles. The molecule has 1 aliphatic rings. The van der Waals surface area contributed by atoms with Gasteiger partial charge in [-0.25, -0.2) is 14.4 Å². The van der Waals surface area contributed by atoms with Gasteiger partial charge in [0.15, 0.2) is 0 Å². The van der Waals surface area contributed by atoms with Gasteiger partial charge in [-0.1, -0.05) is 23.4 Å². The lowest BCUT2D eigenvalue weighted by atomic mass is 10.0. The van der Waals surface area contributed by atoms with Gasteiger partial charge in [0.1, 0.15) is 31.3 Å². The third-order valence-corrected chi connectivity index (χ3v) is 5.55. The van der Waals surface area contributed by atoms with Gasteiger partial charge in [0, 0.05) is 67.4 Å². The number of nitrogens with two attached hydrogens (primary N) is 1. The summed E-state index contributed by atoms with van der Waals surface area (Å²) in [5, 5.41) is 11.4. The Labute approximate surface area is 207 Å². The summed E-state index contributed by atoms with van der Waals surface area (Å²) in [5.74, 6) is -0.951. The molecule has 36 heavy (non-hydrogen) atoms. The Morgan fingerprint density at radius 1 is 1.11 bits per heavy atom. The van der Waals surface area contributed by atoms with Crippen molar-refractivity contribution in [2.45, 2.75) is 32.5 Å². The Morgan fingerprint density at radius 3 is 2.53 bits per heavy atom. The van der Waals surface area contributed by atoms with Crippen LogP contribution in [-0.2, 0) is 27.6 Å². The number of esters is 1. The van der Waals surface area contributed by atoms with Gasteiger partial charge in [0.25, 0.3) is 0 Å². The van der Waals surface area contributed by atoms with Crippen LogP contribution in [0.4, 0.5) is 10.3 Å². The molecule has 1 saturated heterocycles. The van der Waals surface area contributed by atoms with Gasteiger partial charge >= 0.3 is 5.97 Å². The summed E-state index contributed by atoms with van der Waals surface area (Å²) >= 11 is 0. The van der Waals surface area contributed by atoms with Crippen molar-refractivity contribution in [3.63, 3.8) is 0 Å². The zero-order chi connectivity index (χ0) is 25.3. The number of amidine groups is 1. The second kappa shape index (κ2) is 11.8. The summed E-state index contributed by atoms with van der Waals surface area (Å²) in [7, 11) is 0. The van der Waals surface area contributed by atoms with Gasteiger partial charge in [-0.2, -0.15) is 0 Å². The molecule has 1 aromatic carbocycles. The van der Waals surface area contributed by atoms with E-state index in [1.165, 1.54) is 6.07 Å². The Kier molecular flexibility index (Phi) is 8.12. The van der Waals surface area contributed by atoms with Crippen LogP contribution in [-0.4, -0.2) is 45.6 Å². The van der Waals surface area contributed by atoms with Crippen LogP contribution in [0.15, 0.2) is 60.3 Å². The van der Waals surface area contributed by atoms with Gasteiger partial charge in [0.05, 0.1) is 5.71 Å². The van der Waals surface area contributed by atoms with E-state index in [2.05, 4.69) is 20.1 Å². The van der Waals surface area contributed by atoms with Crippen LogP contribution in [0.3, 0.4) is 0 Å². The largest absolute Gasteiger partial charge is 0.460 e. The first-order valence-electron chi connectivity index (χ1n) is 11.4. The van der Waals surface area contributed by atoms with Gasteiger partial charge in [-0.3, -0.25) is 15.2 Å². The average Bonchev–Trinajstić information content (AvgIpc) is 2.89. The topological polar surface area (TPSA) is 140 Å². The van der Waals surface area contributed by atoms with Crippen molar-refractivity contribution in [3.8, 4) is 11.1 Å². The van der Waals surface area contributed by atoms with E-state index in [1.54, 1.807) is 36.9 Å². The molecule has 0 amide bonds. The van der Waals surface area contributed by atoms with Crippen LogP contribution < -0.4 is 10.6 Å². The van der Waals surface area contributed by atoms with Gasteiger partial charge in [-0.15, -0.1) is 0 Å². The molecule has 3 N–H and O–H groups in total. The van der Waals surface area contributed by atoms with Crippen LogP contribution >= 0.6 is 0 Å². The van der Waals surface area contributed by atoms with Crippen LogP contribution in [0.25, 0.3) is 11.1 Å². The lowest BCUT2D eigenvalue weighted by molar-refractivity contribution is -0.143. The Balaban J connectivity index is 1.33. The van der Waals surface area contributed by atoms with E-state index in [1.807, 2.05) is 17.0 Å². The predicted molar refractivity (Wildman–Crippen MR) is 132 cm³/mol.